The Balaban J connectivity index is 1.79. The predicted molar refractivity (Wildman–Crippen MR) is 95.4 cm³/mol. The van der Waals surface area contributed by atoms with Crippen molar-refractivity contribution in [3.8, 4) is 5.75 Å². The van der Waals surface area contributed by atoms with Crippen molar-refractivity contribution in [1.29, 1.82) is 0 Å². The average Bonchev–Trinajstić information content (AvgIpc) is 2.56. The molecule has 2 heterocycles. The summed E-state index contributed by atoms with van der Waals surface area (Å²) >= 11 is 0. The van der Waals surface area contributed by atoms with Crippen LogP contribution in [0.15, 0.2) is 23.5 Å². The zero-order valence-electron chi connectivity index (χ0n) is 15.0. The van der Waals surface area contributed by atoms with Crippen LogP contribution in [0.25, 0.3) is 0 Å². The largest absolute Gasteiger partial charge is 0.496 e. The fourth-order valence-electron chi connectivity index (χ4n) is 3.15. The molecule has 0 saturated heterocycles. The van der Waals surface area contributed by atoms with Crippen LogP contribution in [0.4, 0.5) is 0 Å². The molecule has 0 atom stereocenters. The van der Waals surface area contributed by atoms with Crippen molar-refractivity contribution in [3.63, 3.8) is 0 Å². The number of aryl methyl sites for hydroxylation is 2. The minimum atomic E-state index is -3.36. The first kappa shape index (κ1) is 17.8. The van der Waals surface area contributed by atoms with Crippen molar-refractivity contribution in [2.75, 3.05) is 19.9 Å². The molecule has 0 aliphatic carbocycles. The van der Waals surface area contributed by atoms with Crippen molar-refractivity contribution < 1.29 is 13.2 Å². The van der Waals surface area contributed by atoms with Crippen LogP contribution in [0, 0.1) is 13.8 Å². The molecular formula is C18H23N3O3S. The number of nitrogens with zero attached hydrogens (tertiary/aromatic N) is 3. The fourth-order valence-corrected chi connectivity index (χ4v) is 3.67. The Kier molecular flexibility index (Phi) is 4.79. The van der Waals surface area contributed by atoms with Gasteiger partial charge in [-0.1, -0.05) is 6.07 Å². The van der Waals surface area contributed by atoms with Gasteiger partial charge in [-0.25, -0.2) is 18.4 Å². The van der Waals surface area contributed by atoms with Crippen molar-refractivity contribution in [3.05, 3.63) is 46.3 Å². The third-order valence-corrected chi connectivity index (χ3v) is 5.43. The van der Waals surface area contributed by atoms with E-state index in [-0.39, 0.29) is 5.16 Å². The lowest BCUT2D eigenvalue weighted by molar-refractivity contribution is 0.241. The van der Waals surface area contributed by atoms with Gasteiger partial charge in [0.05, 0.1) is 12.8 Å². The highest BCUT2D eigenvalue weighted by molar-refractivity contribution is 7.90. The summed E-state index contributed by atoms with van der Waals surface area (Å²) in [6.45, 7) is 6.55. The summed E-state index contributed by atoms with van der Waals surface area (Å²) in [4.78, 5) is 10.6. The molecule has 7 heteroatoms. The first-order chi connectivity index (χ1) is 11.8. The predicted octanol–water partition coefficient (Wildman–Crippen LogP) is 2.06. The molecule has 0 amide bonds. The molecular weight excluding hydrogens is 338 g/mol. The Morgan fingerprint density at radius 1 is 1.24 bits per heavy atom. The van der Waals surface area contributed by atoms with Gasteiger partial charge in [0.2, 0.25) is 15.0 Å². The van der Waals surface area contributed by atoms with E-state index in [4.69, 9.17) is 4.74 Å². The van der Waals surface area contributed by atoms with Crippen LogP contribution >= 0.6 is 0 Å². The minimum absolute atomic E-state index is 0.0821. The molecule has 0 unspecified atom stereocenters. The van der Waals surface area contributed by atoms with E-state index in [9.17, 15) is 8.42 Å². The van der Waals surface area contributed by atoms with Gasteiger partial charge in [-0.2, -0.15) is 0 Å². The molecule has 0 N–H and O–H groups in total. The SMILES string of the molecule is COc1cc(C)c(CN2CCc3nc(S(C)(=O)=O)ncc3C2)cc1C. The fraction of sp³-hybridized carbons (Fsp3) is 0.444. The number of fused-ring (bicyclic) bond motifs is 1. The van der Waals surface area contributed by atoms with Gasteiger partial charge in [0, 0.05) is 44.1 Å². The van der Waals surface area contributed by atoms with Crippen LogP contribution in [0.1, 0.15) is 27.9 Å². The summed E-state index contributed by atoms with van der Waals surface area (Å²) in [5.41, 5.74) is 5.45. The topological polar surface area (TPSA) is 72.4 Å². The number of ether oxygens (including phenoxy) is 1. The summed E-state index contributed by atoms with van der Waals surface area (Å²) in [6.07, 6.45) is 3.52. The van der Waals surface area contributed by atoms with Crippen molar-refractivity contribution in [1.82, 2.24) is 14.9 Å². The highest BCUT2D eigenvalue weighted by Gasteiger charge is 2.21. The quantitative estimate of drug-likeness (QED) is 0.776. The number of hydrogen-bond acceptors (Lipinski definition) is 6. The molecule has 2 aromatic rings. The smallest absolute Gasteiger partial charge is 0.246 e. The maximum atomic E-state index is 11.6. The zero-order chi connectivity index (χ0) is 18.2. The molecule has 25 heavy (non-hydrogen) atoms. The van der Waals surface area contributed by atoms with Gasteiger partial charge in [-0.15, -0.1) is 0 Å². The third-order valence-electron chi connectivity index (χ3n) is 4.57. The molecule has 1 aliphatic rings. The van der Waals surface area contributed by atoms with E-state index < -0.39 is 9.84 Å². The Hall–Kier alpha value is -1.99. The molecule has 1 aliphatic heterocycles. The monoisotopic (exact) mass is 361 g/mol. The summed E-state index contributed by atoms with van der Waals surface area (Å²) in [5.74, 6) is 0.909. The van der Waals surface area contributed by atoms with E-state index in [0.29, 0.717) is 0 Å². The van der Waals surface area contributed by atoms with Gasteiger partial charge in [-0.3, -0.25) is 4.90 Å². The number of aromatic nitrogens is 2. The van der Waals surface area contributed by atoms with Crippen molar-refractivity contribution in [2.24, 2.45) is 0 Å². The molecule has 1 aromatic carbocycles. The lowest BCUT2D eigenvalue weighted by atomic mass is 10.0. The van der Waals surface area contributed by atoms with Gasteiger partial charge < -0.3 is 4.74 Å². The maximum absolute atomic E-state index is 11.6. The van der Waals surface area contributed by atoms with E-state index >= 15 is 0 Å². The normalized spacial score (nSPS) is 15.0. The Bertz CT molecular complexity index is 910. The van der Waals surface area contributed by atoms with Crippen LogP contribution in [0.5, 0.6) is 5.75 Å². The Morgan fingerprint density at radius 3 is 2.68 bits per heavy atom. The zero-order valence-corrected chi connectivity index (χ0v) is 15.9. The van der Waals surface area contributed by atoms with Crippen molar-refractivity contribution >= 4 is 9.84 Å². The Morgan fingerprint density at radius 2 is 2.00 bits per heavy atom. The van der Waals surface area contributed by atoms with Gasteiger partial charge in [0.1, 0.15) is 5.75 Å². The number of hydrogen-bond donors (Lipinski definition) is 0. The lowest BCUT2D eigenvalue weighted by Crippen LogP contribution is -2.31. The van der Waals surface area contributed by atoms with Crippen LogP contribution in [-0.4, -0.2) is 43.2 Å². The summed E-state index contributed by atoms with van der Waals surface area (Å²) in [7, 11) is -1.67. The molecule has 0 spiro atoms. The molecule has 0 bridgehead atoms. The minimum Gasteiger partial charge on any atom is -0.496 e. The third kappa shape index (κ3) is 3.82. The maximum Gasteiger partial charge on any atom is 0.246 e. The summed E-state index contributed by atoms with van der Waals surface area (Å²) in [5, 5.41) is -0.0821. The number of rotatable bonds is 4. The van der Waals surface area contributed by atoms with Crippen LogP contribution < -0.4 is 4.74 Å². The second-order valence-electron chi connectivity index (χ2n) is 6.61. The van der Waals surface area contributed by atoms with Crippen LogP contribution in [0.3, 0.4) is 0 Å². The molecule has 1 aromatic heterocycles. The second kappa shape index (κ2) is 6.72. The number of benzene rings is 1. The molecule has 6 nitrogen and oxygen atoms in total. The first-order valence-electron chi connectivity index (χ1n) is 8.19. The highest BCUT2D eigenvalue weighted by atomic mass is 32.2. The van der Waals surface area contributed by atoms with Gasteiger partial charge in [0.25, 0.3) is 0 Å². The molecule has 0 radical (unpaired) electrons. The van der Waals surface area contributed by atoms with Crippen LogP contribution in [-0.2, 0) is 29.3 Å². The highest BCUT2D eigenvalue weighted by Crippen LogP contribution is 2.25. The van der Waals surface area contributed by atoms with E-state index in [0.717, 1.165) is 54.9 Å². The van der Waals surface area contributed by atoms with Crippen LogP contribution in [0.2, 0.25) is 0 Å². The van der Waals surface area contributed by atoms with Gasteiger partial charge in [-0.05, 0) is 36.6 Å². The van der Waals surface area contributed by atoms with E-state index in [1.165, 1.54) is 11.1 Å². The molecule has 134 valence electrons. The molecule has 0 fully saturated rings. The van der Waals surface area contributed by atoms with E-state index in [1.54, 1.807) is 13.3 Å². The van der Waals surface area contributed by atoms with E-state index in [2.05, 4.69) is 33.9 Å². The van der Waals surface area contributed by atoms with E-state index in [1.807, 2.05) is 6.92 Å². The Labute approximate surface area is 148 Å². The average molecular weight is 361 g/mol. The first-order valence-corrected chi connectivity index (χ1v) is 10.1. The van der Waals surface area contributed by atoms with Crippen molar-refractivity contribution in [2.45, 2.75) is 38.5 Å². The second-order valence-corrected chi connectivity index (χ2v) is 8.52. The summed E-state index contributed by atoms with van der Waals surface area (Å²) in [6, 6.07) is 4.25. The lowest BCUT2D eigenvalue weighted by Gasteiger charge is -2.28. The van der Waals surface area contributed by atoms with Gasteiger partial charge >= 0.3 is 0 Å². The summed E-state index contributed by atoms with van der Waals surface area (Å²) < 4.78 is 28.6. The molecule has 3 rings (SSSR count). The number of sulfone groups is 1. The number of methoxy groups -OCH3 is 1. The van der Waals surface area contributed by atoms with Gasteiger partial charge in [0.15, 0.2) is 0 Å². The standard InChI is InChI=1S/C18H23N3O3S/c1-12-8-17(24-3)13(2)7-14(12)10-21-6-5-16-15(11-21)9-19-18(20-16)25(4,22)23/h7-9H,5-6,10-11H2,1-4H3. The molecule has 0 saturated carbocycles.